The molecule has 2 amide bonds. The number of hydrogen-bond donors (Lipinski definition) is 2. The van der Waals surface area contributed by atoms with Crippen LogP contribution in [0.5, 0.6) is 11.5 Å². The number of carbonyl (C=O) groups excluding carboxylic acids is 2. The predicted molar refractivity (Wildman–Crippen MR) is 122 cm³/mol. The first-order chi connectivity index (χ1) is 15.0. The highest BCUT2D eigenvalue weighted by molar-refractivity contribution is 9.10. The summed E-state index contributed by atoms with van der Waals surface area (Å²) in [7, 11) is 0. The number of aryl methyl sites for hydroxylation is 1. The van der Waals surface area contributed by atoms with E-state index in [1.54, 1.807) is 54.6 Å². The molecular weight excluding hydrogens is 460 g/mol. The monoisotopic (exact) mass is 478 g/mol. The number of ether oxygens (including phenoxy) is 2. The zero-order chi connectivity index (χ0) is 21.8. The lowest BCUT2D eigenvalue weighted by Gasteiger charge is -2.12. The van der Waals surface area contributed by atoms with Gasteiger partial charge in [-0.2, -0.15) is 0 Å². The highest BCUT2D eigenvalue weighted by Gasteiger charge is 2.18. The van der Waals surface area contributed by atoms with Crippen LogP contribution in [0, 0.1) is 6.92 Å². The number of rotatable bonds is 5. The molecule has 1 aliphatic rings. The average Bonchev–Trinajstić information content (AvgIpc) is 3.23. The quantitative estimate of drug-likeness (QED) is 0.511. The number of hydrogen-bond acceptors (Lipinski definition) is 4. The van der Waals surface area contributed by atoms with Gasteiger partial charge in [0.25, 0.3) is 11.8 Å². The fraction of sp³-hybridized carbons (Fsp3) is 0.0833. The van der Waals surface area contributed by atoms with Crippen LogP contribution >= 0.6 is 15.9 Å². The number of nitrogens with one attached hydrogen (secondary N) is 2. The summed E-state index contributed by atoms with van der Waals surface area (Å²) in [5.74, 6) is 0.379. The molecule has 6 nitrogen and oxygen atoms in total. The van der Waals surface area contributed by atoms with E-state index in [1.807, 2.05) is 25.1 Å². The molecule has 1 aliphatic heterocycles. The van der Waals surface area contributed by atoms with Gasteiger partial charge in [0.15, 0.2) is 11.5 Å². The molecule has 0 radical (unpaired) electrons. The molecular formula is C24H19BrN2O4. The van der Waals surface area contributed by atoms with Gasteiger partial charge in [0.2, 0.25) is 6.79 Å². The van der Waals surface area contributed by atoms with Crippen LogP contribution in [0.4, 0.5) is 5.69 Å². The molecule has 0 aromatic heterocycles. The van der Waals surface area contributed by atoms with Crippen molar-refractivity contribution in [2.75, 3.05) is 12.1 Å². The summed E-state index contributed by atoms with van der Waals surface area (Å²) < 4.78 is 11.4. The molecule has 0 unspecified atom stereocenters. The van der Waals surface area contributed by atoms with Crippen LogP contribution in [0.2, 0.25) is 0 Å². The van der Waals surface area contributed by atoms with E-state index < -0.39 is 11.8 Å². The Kier molecular flexibility index (Phi) is 6.04. The van der Waals surface area contributed by atoms with E-state index in [-0.39, 0.29) is 12.5 Å². The van der Waals surface area contributed by atoms with Gasteiger partial charge in [-0.05, 0) is 70.9 Å². The van der Waals surface area contributed by atoms with Crippen LogP contribution in [-0.2, 0) is 4.79 Å². The third kappa shape index (κ3) is 4.95. The first-order valence-corrected chi connectivity index (χ1v) is 10.3. The van der Waals surface area contributed by atoms with E-state index >= 15 is 0 Å². The van der Waals surface area contributed by atoms with Crippen molar-refractivity contribution in [3.8, 4) is 11.5 Å². The average molecular weight is 479 g/mol. The topological polar surface area (TPSA) is 76.7 Å². The van der Waals surface area contributed by atoms with Crippen molar-refractivity contribution in [1.82, 2.24) is 5.32 Å². The number of amides is 2. The van der Waals surface area contributed by atoms with Crippen LogP contribution in [0.3, 0.4) is 0 Å². The first kappa shape index (κ1) is 20.7. The Morgan fingerprint density at radius 1 is 0.968 bits per heavy atom. The van der Waals surface area contributed by atoms with Crippen LogP contribution in [0.25, 0.3) is 6.08 Å². The maximum Gasteiger partial charge on any atom is 0.272 e. The normalized spacial score (nSPS) is 12.4. The minimum absolute atomic E-state index is 0.0974. The van der Waals surface area contributed by atoms with Gasteiger partial charge in [0.1, 0.15) is 5.70 Å². The maximum atomic E-state index is 13.0. The van der Waals surface area contributed by atoms with Gasteiger partial charge in [0, 0.05) is 10.2 Å². The van der Waals surface area contributed by atoms with Crippen molar-refractivity contribution in [1.29, 1.82) is 0 Å². The molecule has 0 aliphatic carbocycles. The molecule has 0 saturated carbocycles. The van der Waals surface area contributed by atoms with Gasteiger partial charge < -0.3 is 20.1 Å². The van der Waals surface area contributed by atoms with E-state index in [0.29, 0.717) is 32.8 Å². The minimum Gasteiger partial charge on any atom is -0.454 e. The summed E-state index contributed by atoms with van der Waals surface area (Å²) >= 11 is 3.37. The van der Waals surface area contributed by atoms with Gasteiger partial charge in [-0.3, -0.25) is 9.59 Å². The molecule has 3 aromatic carbocycles. The Morgan fingerprint density at radius 2 is 1.71 bits per heavy atom. The van der Waals surface area contributed by atoms with Crippen LogP contribution in [-0.4, -0.2) is 18.6 Å². The van der Waals surface area contributed by atoms with Gasteiger partial charge in [0.05, 0.1) is 5.56 Å². The number of anilines is 1. The number of carbonyl (C=O) groups is 2. The van der Waals surface area contributed by atoms with Crippen LogP contribution < -0.4 is 20.1 Å². The Bertz CT molecular complexity index is 1170. The van der Waals surface area contributed by atoms with E-state index in [4.69, 9.17) is 9.47 Å². The van der Waals surface area contributed by atoms with Crippen molar-refractivity contribution < 1.29 is 19.1 Å². The Balaban J connectivity index is 1.64. The SMILES string of the molecule is Cc1ccc(NC(=O)C(=Cc2ccc3c(c2)OCO3)NC(=O)c2ccccc2Br)cc1. The van der Waals surface area contributed by atoms with Crippen molar-refractivity contribution in [2.45, 2.75) is 6.92 Å². The molecule has 0 fully saturated rings. The standard InChI is InChI=1S/C24H19BrN2O4/c1-15-6-9-17(10-7-15)26-24(29)20(27-23(28)18-4-2-3-5-19(18)25)12-16-8-11-21-22(13-16)31-14-30-21/h2-13H,14H2,1H3,(H,26,29)(H,27,28). The maximum absolute atomic E-state index is 13.0. The lowest BCUT2D eigenvalue weighted by molar-refractivity contribution is -0.113. The fourth-order valence-corrected chi connectivity index (χ4v) is 3.46. The van der Waals surface area contributed by atoms with Gasteiger partial charge in [-0.1, -0.05) is 35.9 Å². The highest BCUT2D eigenvalue weighted by Crippen LogP contribution is 2.33. The molecule has 7 heteroatoms. The molecule has 3 aromatic rings. The molecule has 0 spiro atoms. The Hall–Kier alpha value is -3.58. The van der Waals surface area contributed by atoms with Crippen LogP contribution in [0.15, 0.2) is 76.9 Å². The summed E-state index contributed by atoms with van der Waals surface area (Å²) in [6.07, 6.45) is 1.60. The lowest BCUT2D eigenvalue weighted by atomic mass is 10.1. The minimum atomic E-state index is -0.443. The second-order valence-corrected chi connectivity index (χ2v) is 7.78. The van der Waals surface area contributed by atoms with Crippen molar-refractivity contribution in [3.63, 3.8) is 0 Å². The summed E-state index contributed by atoms with van der Waals surface area (Å²) in [6, 6.07) is 19.7. The van der Waals surface area contributed by atoms with Crippen molar-refractivity contribution >= 4 is 39.5 Å². The summed E-state index contributed by atoms with van der Waals surface area (Å²) in [6.45, 7) is 2.12. The second kappa shape index (κ2) is 9.06. The van der Waals surface area contributed by atoms with E-state index in [2.05, 4.69) is 26.6 Å². The number of fused-ring (bicyclic) bond motifs is 1. The summed E-state index contributed by atoms with van der Waals surface area (Å²) in [4.78, 5) is 25.9. The molecule has 0 saturated heterocycles. The Labute approximate surface area is 188 Å². The Morgan fingerprint density at radius 3 is 2.48 bits per heavy atom. The van der Waals surface area contributed by atoms with Gasteiger partial charge in [-0.25, -0.2) is 0 Å². The van der Waals surface area contributed by atoms with Crippen LogP contribution in [0.1, 0.15) is 21.5 Å². The zero-order valence-corrected chi connectivity index (χ0v) is 18.2. The number of benzene rings is 3. The third-order valence-electron chi connectivity index (χ3n) is 4.63. The fourth-order valence-electron chi connectivity index (χ4n) is 3.00. The van der Waals surface area contributed by atoms with Crippen molar-refractivity contribution in [3.05, 3.63) is 93.6 Å². The predicted octanol–water partition coefficient (Wildman–Crippen LogP) is 4.90. The largest absolute Gasteiger partial charge is 0.454 e. The van der Waals surface area contributed by atoms with E-state index in [1.165, 1.54) is 0 Å². The summed E-state index contributed by atoms with van der Waals surface area (Å²) in [5, 5.41) is 5.55. The lowest BCUT2D eigenvalue weighted by Crippen LogP contribution is -2.31. The molecule has 4 rings (SSSR count). The van der Waals surface area contributed by atoms with E-state index in [0.717, 1.165) is 5.56 Å². The number of halogens is 1. The smallest absolute Gasteiger partial charge is 0.272 e. The van der Waals surface area contributed by atoms with Gasteiger partial charge in [-0.15, -0.1) is 0 Å². The summed E-state index contributed by atoms with van der Waals surface area (Å²) in [5.41, 5.74) is 2.91. The molecule has 0 bridgehead atoms. The second-order valence-electron chi connectivity index (χ2n) is 6.92. The van der Waals surface area contributed by atoms with E-state index in [9.17, 15) is 9.59 Å². The molecule has 0 atom stereocenters. The third-order valence-corrected chi connectivity index (χ3v) is 5.32. The van der Waals surface area contributed by atoms with Crippen molar-refractivity contribution in [2.24, 2.45) is 0 Å². The van der Waals surface area contributed by atoms with Gasteiger partial charge >= 0.3 is 0 Å². The molecule has 1 heterocycles. The zero-order valence-electron chi connectivity index (χ0n) is 16.6. The first-order valence-electron chi connectivity index (χ1n) is 9.55. The molecule has 156 valence electrons. The molecule has 2 N–H and O–H groups in total. The molecule has 31 heavy (non-hydrogen) atoms. The highest BCUT2D eigenvalue weighted by atomic mass is 79.9.